The summed E-state index contributed by atoms with van der Waals surface area (Å²) in [6.07, 6.45) is 5.91. The van der Waals surface area contributed by atoms with Crippen LogP contribution in [-0.4, -0.2) is 130 Å². The van der Waals surface area contributed by atoms with E-state index in [-0.39, 0.29) is 104 Å². The zero-order chi connectivity index (χ0) is 37.3. The molecule has 7 fully saturated rings. The largest absolute Gasteiger partial charge is 0.392 e. The van der Waals surface area contributed by atoms with E-state index in [1.54, 1.807) is 14.2 Å². The van der Waals surface area contributed by atoms with Crippen molar-refractivity contribution in [2.24, 2.45) is 17.6 Å². The monoisotopic (exact) mass is 747 g/mol. The molecule has 0 saturated carbocycles. The second-order valence-electron chi connectivity index (χ2n) is 17.0. The summed E-state index contributed by atoms with van der Waals surface area (Å²) < 4.78 is 58.9. The van der Waals surface area contributed by atoms with Crippen molar-refractivity contribution >= 4 is 5.78 Å². The van der Waals surface area contributed by atoms with E-state index in [9.17, 15) is 9.90 Å². The third-order valence-electron chi connectivity index (χ3n) is 13.2. The van der Waals surface area contributed by atoms with Crippen LogP contribution in [0.25, 0.3) is 0 Å². The van der Waals surface area contributed by atoms with Gasteiger partial charge in [-0.1, -0.05) is 20.1 Å². The molecule has 0 aromatic carbocycles. The Balaban J connectivity index is 1.15. The zero-order valence-electron chi connectivity index (χ0n) is 32.2. The molecule has 0 amide bonds. The summed E-state index contributed by atoms with van der Waals surface area (Å²) in [7, 11) is 3.40. The van der Waals surface area contributed by atoms with Crippen molar-refractivity contribution < 1.29 is 52.5 Å². The van der Waals surface area contributed by atoms with Crippen molar-refractivity contribution in [3.63, 3.8) is 0 Å². The smallest absolute Gasteiger partial charge is 0.172 e. The number of carbonyl (C=O) groups excluding carboxylic acids is 1. The van der Waals surface area contributed by atoms with E-state index < -0.39 is 18.0 Å². The first-order chi connectivity index (χ1) is 25.6. The lowest BCUT2D eigenvalue weighted by Crippen LogP contribution is -2.43. The number of aliphatic hydroxyl groups excluding tert-OH is 1. The molecule has 0 radical (unpaired) electrons. The van der Waals surface area contributed by atoms with E-state index in [0.717, 1.165) is 49.7 Å². The number of rotatable bonds is 5. The third-order valence-corrected chi connectivity index (χ3v) is 13.2. The maximum atomic E-state index is 14.0. The molecule has 7 aliphatic heterocycles. The molecule has 12 nitrogen and oxygen atoms in total. The first-order valence-electron chi connectivity index (χ1n) is 20.4. The van der Waals surface area contributed by atoms with Crippen LogP contribution in [0.3, 0.4) is 0 Å². The molecule has 7 saturated heterocycles. The van der Waals surface area contributed by atoms with Gasteiger partial charge in [-0.05, 0) is 62.0 Å². The highest BCUT2D eigenvalue weighted by atomic mass is 16.7. The molecule has 7 aliphatic rings. The summed E-state index contributed by atoms with van der Waals surface area (Å²) >= 11 is 0. The average molecular weight is 748 g/mol. The van der Waals surface area contributed by atoms with Crippen LogP contribution in [0.5, 0.6) is 0 Å². The van der Waals surface area contributed by atoms with Crippen molar-refractivity contribution in [3.05, 3.63) is 24.3 Å². The standard InChI is InChI=1S/C41H65NO11/c1-23-13-29-8-9-33-24(2)14-30(49-33)10-11-41-20-38(45-4)40(53-41)36-18-31(52-41)22-48-28(7-6-12-47-36)15-26(43)16-32-35(19-34(50-29)25(23)3)51-37(39(32)46-5)17-27(44)21-42/h23,27-40,44H,2-3,6-22,42H2,1,4-5H3. The van der Waals surface area contributed by atoms with Gasteiger partial charge in [-0.15, -0.1) is 0 Å². The molecule has 16 atom stereocenters. The number of hydrogen-bond acceptors (Lipinski definition) is 12. The summed E-state index contributed by atoms with van der Waals surface area (Å²) in [6, 6.07) is 0. The number of ketones is 1. The Kier molecular flexibility index (Phi) is 13.2. The van der Waals surface area contributed by atoms with Gasteiger partial charge in [-0.25, -0.2) is 0 Å². The van der Waals surface area contributed by atoms with Crippen molar-refractivity contribution in [3.8, 4) is 0 Å². The normalized spacial score (nSPS) is 46.5. The molecule has 7 heterocycles. The highest BCUT2D eigenvalue weighted by Crippen LogP contribution is 2.46. The maximum absolute atomic E-state index is 14.0. The van der Waals surface area contributed by atoms with Crippen LogP contribution in [-0.2, 0) is 47.4 Å². The van der Waals surface area contributed by atoms with Gasteiger partial charge in [-0.3, -0.25) is 4.79 Å². The van der Waals surface area contributed by atoms with Crippen LogP contribution in [0, 0.1) is 11.8 Å². The topological polar surface area (TPSA) is 146 Å². The van der Waals surface area contributed by atoms with Crippen LogP contribution < -0.4 is 5.73 Å². The summed E-state index contributed by atoms with van der Waals surface area (Å²) in [4.78, 5) is 14.0. The van der Waals surface area contributed by atoms with Crippen LogP contribution in [0.15, 0.2) is 24.3 Å². The first kappa shape index (κ1) is 39.9. The third kappa shape index (κ3) is 9.14. The number of aliphatic hydroxyl groups is 1. The predicted molar refractivity (Wildman–Crippen MR) is 195 cm³/mol. The van der Waals surface area contributed by atoms with Crippen LogP contribution in [0.1, 0.15) is 96.8 Å². The highest BCUT2D eigenvalue weighted by Gasteiger charge is 2.55. The van der Waals surface area contributed by atoms with Gasteiger partial charge in [0.1, 0.15) is 11.9 Å². The van der Waals surface area contributed by atoms with Gasteiger partial charge in [0, 0.05) is 78.2 Å². The zero-order valence-corrected chi connectivity index (χ0v) is 32.2. The van der Waals surface area contributed by atoms with Gasteiger partial charge in [0.25, 0.3) is 0 Å². The van der Waals surface area contributed by atoms with E-state index in [1.807, 2.05) is 0 Å². The van der Waals surface area contributed by atoms with Gasteiger partial charge in [0.15, 0.2) is 5.79 Å². The second kappa shape index (κ2) is 17.5. The molecule has 7 rings (SSSR count). The van der Waals surface area contributed by atoms with Crippen molar-refractivity contribution in [1.82, 2.24) is 0 Å². The molecular weight excluding hydrogens is 682 g/mol. The SMILES string of the molecule is C=C1CC2CCC34CC(OC)C(O3)C3CC(COC(CCCO3)CC(=O)CC3C(CC5OC(CCC1O2)CC(C)C5=C)OC(CC(O)CN)C3OC)O4. The number of ether oxygens (including phenoxy) is 9. The van der Waals surface area contributed by atoms with Crippen LogP contribution in [0.2, 0.25) is 0 Å². The fourth-order valence-corrected chi connectivity index (χ4v) is 10.3. The molecule has 0 aromatic rings. The van der Waals surface area contributed by atoms with Crippen LogP contribution in [0.4, 0.5) is 0 Å². The number of Topliss-reactive ketones (excluding diaryl/α,β-unsaturated/α-hetero) is 1. The Labute approximate surface area is 315 Å². The Morgan fingerprint density at radius 2 is 1.72 bits per heavy atom. The van der Waals surface area contributed by atoms with Gasteiger partial charge in [0.05, 0.1) is 79.9 Å². The first-order valence-corrected chi connectivity index (χ1v) is 20.4. The predicted octanol–water partition coefficient (Wildman–Crippen LogP) is 4.32. The van der Waals surface area contributed by atoms with Crippen molar-refractivity contribution in [1.29, 1.82) is 0 Å². The minimum atomic E-state index is -0.833. The van der Waals surface area contributed by atoms with Gasteiger partial charge in [-0.2, -0.15) is 0 Å². The summed E-state index contributed by atoms with van der Waals surface area (Å²) in [5.74, 6) is -0.685. The van der Waals surface area contributed by atoms with E-state index in [0.29, 0.717) is 51.7 Å². The molecule has 16 unspecified atom stereocenters. The molecule has 9 bridgehead atoms. The Morgan fingerprint density at radius 1 is 0.887 bits per heavy atom. The second-order valence-corrected chi connectivity index (χ2v) is 17.0. The highest BCUT2D eigenvalue weighted by molar-refractivity contribution is 5.79. The molecular formula is C41H65NO11. The number of methoxy groups -OCH3 is 2. The Morgan fingerprint density at radius 3 is 2.51 bits per heavy atom. The number of hydrogen-bond donors (Lipinski definition) is 2. The summed E-state index contributed by atoms with van der Waals surface area (Å²) in [6.45, 7) is 12.1. The van der Waals surface area contributed by atoms with Crippen molar-refractivity contribution in [2.75, 3.05) is 34.0 Å². The molecule has 3 N–H and O–H groups in total. The number of carbonyl (C=O) groups is 1. The lowest BCUT2D eigenvalue weighted by molar-refractivity contribution is -0.251. The van der Waals surface area contributed by atoms with Gasteiger partial charge >= 0.3 is 0 Å². The van der Waals surface area contributed by atoms with E-state index in [2.05, 4.69) is 20.1 Å². The minimum Gasteiger partial charge on any atom is -0.392 e. The fraction of sp³-hybridized carbons (Fsp3) is 0.878. The quantitative estimate of drug-likeness (QED) is 0.387. The average Bonchev–Trinajstić information content (AvgIpc) is 3.76. The fourth-order valence-electron chi connectivity index (χ4n) is 10.3. The summed E-state index contributed by atoms with van der Waals surface area (Å²) in [5, 5.41) is 10.5. The lowest BCUT2D eigenvalue weighted by Gasteiger charge is -2.38. The molecule has 1 spiro atoms. The Bertz CT molecular complexity index is 1280. The van der Waals surface area contributed by atoms with E-state index >= 15 is 0 Å². The number of fused-ring (bicyclic) bond motifs is 10. The summed E-state index contributed by atoms with van der Waals surface area (Å²) in [5.41, 5.74) is 8.00. The molecule has 53 heavy (non-hydrogen) atoms. The van der Waals surface area contributed by atoms with Crippen molar-refractivity contribution in [2.45, 2.75) is 182 Å². The van der Waals surface area contributed by atoms with E-state index in [4.69, 9.17) is 48.4 Å². The molecule has 300 valence electrons. The van der Waals surface area contributed by atoms with Crippen LogP contribution >= 0.6 is 0 Å². The Hall–Kier alpha value is -1.29. The van der Waals surface area contributed by atoms with E-state index in [1.165, 1.54) is 0 Å². The molecule has 12 heteroatoms. The molecule has 0 aliphatic carbocycles. The van der Waals surface area contributed by atoms with Gasteiger partial charge < -0.3 is 53.5 Å². The molecule has 0 aromatic heterocycles. The minimum absolute atomic E-state index is 0.0277. The lowest BCUT2D eigenvalue weighted by atomic mass is 9.81. The maximum Gasteiger partial charge on any atom is 0.172 e. The number of nitrogens with two attached hydrogens (primary N) is 1. The van der Waals surface area contributed by atoms with Gasteiger partial charge in [0.2, 0.25) is 0 Å².